The minimum absolute atomic E-state index is 0.00354. The van der Waals surface area contributed by atoms with Crippen LogP contribution in [0.5, 0.6) is 0 Å². The van der Waals surface area contributed by atoms with Crippen molar-refractivity contribution in [1.29, 1.82) is 0 Å². The average molecular weight is 492 g/mol. The first-order valence-corrected chi connectivity index (χ1v) is 13.0. The van der Waals surface area contributed by atoms with Crippen LogP contribution >= 0.6 is 11.6 Å². The van der Waals surface area contributed by atoms with E-state index in [9.17, 15) is 18.0 Å². The van der Waals surface area contributed by atoms with E-state index in [1.54, 1.807) is 23.6 Å². The number of amides is 2. The van der Waals surface area contributed by atoms with Crippen LogP contribution in [0.4, 0.5) is 0 Å². The number of nitrogens with one attached hydrogen (secondary N) is 1. The number of rotatable bonds is 8. The Morgan fingerprint density at radius 1 is 1.00 bits per heavy atom. The van der Waals surface area contributed by atoms with Crippen molar-refractivity contribution in [2.75, 3.05) is 26.2 Å². The molecule has 0 saturated carbocycles. The Labute approximate surface area is 200 Å². The van der Waals surface area contributed by atoms with Crippen molar-refractivity contribution < 1.29 is 18.0 Å². The van der Waals surface area contributed by atoms with Gasteiger partial charge in [0.2, 0.25) is 15.9 Å². The Bertz CT molecular complexity index is 1080. The van der Waals surface area contributed by atoms with Crippen molar-refractivity contribution in [3.8, 4) is 0 Å². The molecule has 178 valence electrons. The van der Waals surface area contributed by atoms with Crippen LogP contribution in [-0.4, -0.2) is 62.3 Å². The summed E-state index contributed by atoms with van der Waals surface area (Å²) in [5.41, 5.74) is 1.36. The number of hydrogen-bond donors (Lipinski definition) is 1. The lowest BCUT2D eigenvalue weighted by atomic mass is 10.1. The minimum atomic E-state index is -3.74. The van der Waals surface area contributed by atoms with Gasteiger partial charge in [0.1, 0.15) is 0 Å². The summed E-state index contributed by atoms with van der Waals surface area (Å²) in [6.45, 7) is 5.09. The smallest absolute Gasteiger partial charge is 0.255 e. The van der Waals surface area contributed by atoms with E-state index in [-0.39, 0.29) is 33.3 Å². The van der Waals surface area contributed by atoms with E-state index in [2.05, 4.69) is 16.9 Å². The van der Waals surface area contributed by atoms with Crippen LogP contribution < -0.4 is 4.72 Å². The molecule has 3 rings (SSSR count). The fourth-order valence-corrected chi connectivity index (χ4v) is 5.26. The molecular weight excluding hydrogens is 462 g/mol. The topological polar surface area (TPSA) is 86.8 Å². The fourth-order valence-electron chi connectivity index (χ4n) is 3.79. The van der Waals surface area contributed by atoms with Crippen LogP contribution in [0.3, 0.4) is 0 Å². The van der Waals surface area contributed by atoms with Crippen LogP contribution in [0, 0.1) is 0 Å². The number of nitrogens with zero attached hydrogens (tertiary/aromatic N) is 2. The molecule has 33 heavy (non-hydrogen) atoms. The van der Waals surface area contributed by atoms with Gasteiger partial charge in [-0.15, -0.1) is 0 Å². The second-order valence-electron chi connectivity index (χ2n) is 8.43. The Morgan fingerprint density at radius 2 is 1.64 bits per heavy atom. The third-order valence-corrected chi connectivity index (χ3v) is 7.47. The maximum atomic E-state index is 13.1. The summed E-state index contributed by atoms with van der Waals surface area (Å²) in [4.78, 5) is 29.0. The summed E-state index contributed by atoms with van der Waals surface area (Å²) in [7, 11) is -3.74. The number of carbonyl (C=O) groups is 2. The lowest BCUT2D eigenvalue weighted by Crippen LogP contribution is -2.50. The molecule has 0 unspecified atom stereocenters. The molecule has 0 aromatic heterocycles. The molecule has 1 heterocycles. The van der Waals surface area contributed by atoms with E-state index < -0.39 is 10.0 Å². The van der Waals surface area contributed by atoms with Crippen LogP contribution in [0.2, 0.25) is 5.02 Å². The van der Waals surface area contributed by atoms with Crippen molar-refractivity contribution in [1.82, 2.24) is 14.5 Å². The second kappa shape index (κ2) is 11.1. The summed E-state index contributed by atoms with van der Waals surface area (Å²) in [6.07, 6.45) is 2.11. The maximum absolute atomic E-state index is 13.1. The summed E-state index contributed by atoms with van der Waals surface area (Å²) >= 11 is 6.23. The summed E-state index contributed by atoms with van der Waals surface area (Å²) in [5.74, 6) is -0.248. The van der Waals surface area contributed by atoms with E-state index >= 15 is 0 Å². The molecule has 0 spiro atoms. The fraction of sp³-hybridized carbons (Fsp3) is 0.417. The first kappa shape index (κ1) is 25.2. The summed E-state index contributed by atoms with van der Waals surface area (Å²) in [6, 6.07) is 13.9. The molecule has 0 radical (unpaired) electrons. The van der Waals surface area contributed by atoms with Crippen molar-refractivity contribution >= 4 is 33.4 Å². The zero-order chi connectivity index (χ0) is 24.0. The van der Waals surface area contributed by atoms with Gasteiger partial charge in [-0.1, -0.05) is 41.9 Å². The van der Waals surface area contributed by atoms with E-state index in [1.807, 2.05) is 18.2 Å². The minimum Gasteiger partial charge on any atom is -0.339 e. The summed E-state index contributed by atoms with van der Waals surface area (Å²) in [5, 5.41) is 0.197. The molecule has 0 bridgehead atoms. The maximum Gasteiger partial charge on any atom is 0.255 e. The van der Waals surface area contributed by atoms with Crippen LogP contribution in [0.25, 0.3) is 0 Å². The first-order chi connectivity index (χ1) is 15.7. The molecule has 1 aliphatic heterocycles. The normalized spacial score (nSPS) is 14.5. The van der Waals surface area contributed by atoms with Gasteiger partial charge in [-0.25, -0.2) is 13.1 Å². The average Bonchev–Trinajstić information content (AvgIpc) is 2.78. The number of piperazine rings is 1. The Balaban J connectivity index is 1.56. The van der Waals surface area contributed by atoms with Gasteiger partial charge < -0.3 is 9.80 Å². The molecule has 0 atom stereocenters. The number of aryl methyl sites for hydroxylation is 1. The Kier molecular flexibility index (Phi) is 8.51. The number of halogens is 1. The van der Waals surface area contributed by atoms with Gasteiger partial charge in [-0.3, -0.25) is 9.59 Å². The van der Waals surface area contributed by atoms with E-state index in [0.717, 1.165) is 12.8 Å². The van der Waals surface area contributed by atoms with E-state index in [4.69, 9.17) is 11.6 Å². The quantitative estimate of drug-likeness (QED) is 0.613. The van der Waals surface area contributed by atoms with Crippen molar-refractivity contribution in [3.05, 3.63) is 64.7 Å². The molecule has 1 aliphatic rings. The summed E-state index contributed by atoms with van der Waals surface area (Å²) < 4.78 is 27.5. The highest BCUT2D eigenvalue weighted by Gasteiger charge is 2.27. The number of sulfonamides is 1. The zero-order valence-electron chi connectivity index (χ0n) is 19.0. The number of benzene rings is 2. The van der Waals surface area contributed by atoms with Crippen LogP contribution in [0.15, 0.2) is 53.4 Å². The van der Waals surface area contributed by atoms with Crippen molar-refractivity contribution in [2.24, 2.45) is 0 Å². The van der Waals surface area contributed by atoms with Gasteiger partial charge in [-0.05, 0) is 50.5 Å². The molecular formula is C24H30ClN3O4S. The highest BCUT2D eigenvalue weighted by Crippen LogP contribution is 2.23. The molecule has 0 aliphatic carbocycles. The van der Waals surface area contributed by atoms with E-state index in [1.165, 1.54) is 23.8 Å². The molecule has 2 amide bonds. The lowest BCUT2D eigenvalue weighted by molar-refractivity contribution is -0.132. The Hall–Kier alpha value is -2.42. The van der Waals surface area contributed by atoms with Gasteiger partial charge in [0.15, 0.2) is 0 Å². The second-order valence-corrected chi connectivity index (χ2v) is 10.6. The number of hydrogen-bond acceptors (Lipinski definition) is 4. The molecule has 7 nitrogen and oxygen atoms in total. The molecule has 1 N–H and O–H groups in total. The van der Waals surface area contributed by atoms with E-state index in [0.29, 0.717) is 32.6 Å². The molecule has 9 heteroatoms. The van der Waals surface area contributed by atoms with Crippen LogP contribution in [0.1, 0.15) is 42.6 Å². The van der Waals surface area contributed by atoms with Crippen molar-refractivity contribution in [3.63, 3.8) is 0 Å². The van der Waals surface area contributed by atoms with Gasteiger partial charge in [0, 0.05) is 38.6 Å². The molecule has 1 saturated heterocycles. The molecule has 2 aromatic carbocycles. The van der Waals surface area contributed by atoms with Gasteiger partial charge >= 0.3 is 0 Å². The first-order valence-electron chi connectivity index (χ1n) is 11.1. The number of carbonyl (C=O) groups excluding carboxylic acids is 2. The van der Waals surface area contributed by atoms with Gasteiger partial charge in [-0.2, -0.15) is 0 Å². The van der Waals surface area contributed by atoms with Gasteiger partial charge in [0.25, 0.3) is 5.91 Å². The predicted molar refractivity (Wildman–Crippen MR) is 129 cm³/mol. The monoisotopic (exact) mass is 491 g/mol. The SMILES string of the molecule is CC(C)NS(=O)(=O)c1ccc(Cl)c(C(=O)N2CCN(C(=O)CCCc3ccccc3)CC2)c1. The molecule has 2 aromatic rings. The van der Waals surface area contributed by atoms with Crippen LogP contribution in [-0.2, 0) is 21.2 Å². The third kappa shape index (κ3) is 6.79. The highest BCUT2D eigenvalue weighted by molar-refractivity contribution is 7.89. The standard InChI is InChI=1S/C24H30ClN3O4S/c1-18(2)26-33(31,32)20-11-12-22(25)21(17-20)24(30)28-15-13-27(14-16-28)23(29)10-6-9-19-7-4-3-5-8-19/h3-5,7-8,11-12,17-18,26H,6,9-10,13-16H2,1-2H3. The van der Waals surface area contributed by atoms with Gasteiger partial charge in [0.05, 0.1) is 15.5 Å². The zero-order valence-corrected chi connectivity index (χ0v) is 20.5. The lowest BCUT2D eigenvalue weighted by Gasteiger charge is -2.35. The van der Waals surface area contributed by atoms with Crippen molar-refractivity contribution in [2.45, 2.75) is 44.0 Å². The Morgan fingerprint density at radius 3 is 2.27 bits per heavy atom. The highest BCUT2D eigenvalue weighted by atomic mass is 35.5. The largest absolute Gasteiger partial charge is 0.339 e. The third-order valence-electron chi connectivity index (χ3n) is 5.49. The predicted octanol–water partition coefficient (Wildman–Crippen LogP) is 3.33. The molecule has 1 fully saturated rings.